The maximum absolute atomic E-state index is 12.0. The van der Waals surface area contributed by atoms with Crippen molar-refractivity contribution in [3.05, 3.63) is 42.0 Å². The first kappa shape index (κ1) is 12.2. The Bertz CT molecular complexity index is 831. The minimum Gasteiger partial charge on any atom is -0.465 e. The molecule has 3 heterocycles. The van der Waals surface area contributed by atoms with Crippen molar-refractivity contribution < 1.29 is 19.1 Å². The van der Waals surface area contributed by atoms with Crippen LogP contribution in [0.5, 0.6) is 0 Å². The third-order valence-electron chi connectivity index (χ3n) is 3.07. The Hall–Kier alpha value is -2.83. The van der Waals surface area contributed by atoms with Gasteiger partial charge in [-0.25, -0.2) is 14.1 Å². The molecule has 0 N–H and O–H groups in total. The Morgan fingerprint density at radius 2 is 1.85 bits per heavy atom. The average molecular weight is 273 g/mol. The SMILES string of the molecule is COC(=O)c1nn2ccn3cccc3c2c1C(=O)OC. The first-order chi connectivity index (χ1) is 9.67. The van der Waals surface area contributed by atoms with Gasteiger partial charge >= 0.3 is 11.9 Å². The highest BCUT2D eigenvalue weighted by Crippen LogP contribution is 2.22. The van der Waals surface area contributed by atoms with E-state index in [9.17, 15) is 9.59 Å². The van der Waals surface area contributed by atoms with Crippen molar-refractivity contribution in [1.29, 1.82) is 0 Å². The molecule has 0 amide bonds. The lowest BCUT2D eigenvalue weighted by Crippen LogP contribution is -2.10. The number of fused-ring (bicyclic) bond motifs is 3. The average Bonchev–Trinajstić information content (AvgIpc) is 3.08. The fourth-order valence-electron chi connectivity index (χ4n) is 2.18. The molecule has 0 fully saturated rings. The Morgan fingerprint density at radius 1 is 1.10 bits per heavy atom. The van der Waals surface area contributed by atoms with Crippen LogP contribution in [0.15, 0.2) is 30.7 Å². The smallest absolute Gasteiger partial charge is 0.359 e. The van der Waals surface area contributed by atoms with Gasteiger partial charge in [-0.3, -0.25) is 0 Å². The highest BCUT2D eigenvalue weighted by atomic mass is 16.5. The first-order valence-corrected chi connectivity index (χ1v) is 5.82. The van der Waals surface area contributed by atoms with E-state index in [0.717, 1.165) is 5.52 Å². The highest BCUT2D eigenvalue weighted by molar-refractivity contribution is 6.09. The number of rotatable bonds is 2. The van der Waals surface area contributed by atoms with Crippen molar-refractivity contribution in [2.45, 2.75) is 0 Å². The summed E-state index contributed by atoms with van der Waals surface area (Å²) in [5, 5.41) is 4.11. The standard InChI is InChI=1S/C13H11N3O4/c1-19-12(17)9-10(13(18)20-2)14-16-7-6-15-5-3-4-8(15)11(9)16/h3-7H,1-2H3. The van der Waals surface area contributed by atoms with Crippen LogP contribution in [0.1, 0.15) is 20.8 Å². The van der Waals surface area contributed by atoms with E-state index in [4.69, 9.17) is 4.74 Å². The van der Waals surface area contributed by atoms with Gasteiger partial charge < -0.3 is 13.9 Å². The highest BCUT2D eigenvalue weighted by Gasteiger charge is 2.27. The van der Waals surface area contributed by atoms with Gasteiger partial charge in [-0.2, -0.15) is 5.10 Å². The molecular formula is C13H11N3O4. The summed E-state index contributed by atoms with van der Waals surface area (Å²) in [5.74, 6) is -1.31. The zero-order chi connectivity index (χ0) is 14.3. The van der Waals surface area contributed by atoms with E-state index in [1.165, 1.54) is 18.7 Å². The molecule has 3 aromatic rings. The number of hydrogen-bond donors (Lipinski definition) is 0. The van der Waals surface area contributed by atoms with Crippen molar-refractivity contribution in [3.8, 4) is 0 Å². The van der Waals surface area contributed by atoms with E-state index in [0.29, 0.717) is 5.52 Å². The molecule has 0 spiro atoms. The molecule has 0 radical (unpaired) electrons. The van der Waals surface area contributed by atoms with Gasteiger partial charge in [0.2, 0.25) is 0 Å². The molecule has 0 saturated carbocycles. The maximum atomic E-state index is 12.0. The largest absolute Gasteiger partial charge is 0.465 e. The van der Waals surface area contributed by atoms with Crippen molar-refractivity contribution in [2.75, 3.05) is 14.2 Å². The lowest BCUT2D eigenvalue weighted by atomic mass is 10.2. The van der Waals surface area contributed by atoms with E-state index in [1.807, 2.05) is 22.7 Å². The van der Waals surface area contributed by atoms with Gasteiger partial charge in [0.15, 0.2) is 5.69 Å². The Kier molecular flexibility index (Phi) is 2.67. The fraction of sp³-hybridized carbons (Fsp3) is 0.154. The first-order valence-electron chi connectivity index (χ1n) is 5.82. The van der Waals surface area contributed by atoms with E-state index in [1.54, 1.807) is 12.4 Å². The van der Waals surface area contributed by atoms with Gasteiger partial charge in [-0.1, -0.05) is 0 Å². The summed E-state index contributed by atoms with van der Waals surface area (Å²) in [5.41, 5.74) is 1.29. The summed E-state index contributed by atoms with van der Waals surface area (Å²) in [6.07, 6.45) is 5.26. The predicted molar refractivity (Wildman–Crippen MR) is 68.8 cm³/mol. The molecule has 7 heteroatoms. The zero-order valence-electron chi connectivity index (χ0n) is 10.9. The van der Waals surface area contributed by atoms with Crippen LogP contribution in [0, 0.1) is 0 Å². The lowest BCUT2D eigenvalue weighted by molar-refractivity contribution is 0.0553. The van der Waals surface area contributed by atoms with Crippen LogP contribution < -0.4 is 0 Å². The fourth-order valence-corrected chi connectivity index (χ4v) is 2.18. The summed E-state index contributed by atoms with van der Waals surface area (Å²) in [7, 11) is 2.49. The second-order valence-electron chi connectivity index (χ2n) is 4.10. The van der Waals surface area contributed by atoms with Crippen molar-refractivity contribution in [3.63, 3.8) is 0 Å². The Morgan fingerprint density at radius 3 is 2.55 bits per heavy atom. The molecule has 0 unspecified atom stereocenters. The van der Waals surface area contributed by atoms with Crippen LogP contribution in [-0.2, 0) is 9.47 Å². The molecule has 0 aromatic carbocycles. The van der Waals surface area contributed by atoms with E-state index in [-0.39, 0.29) is 11.3 Å². The minimum absolute atomic E-state index is 0.0614. The van der Waals surface area contributed by atoms with E-state index < -0.39 is 11.9 Å². The number of nitrogens with zero attached hydrogens (tertiary/aromatic N) is 3. The number of carbonyl (C=O) groups is 2. The van der Waals surface area contributed by atoms with Crippen LogP contribution in [0.3, 0.4) is 0 Å². The molecule has 0 aliphatic heterocycles. The number of methoxy groups -OCH3 is 2. The van der Waals surface area contributed by atoms with Crippen LogP contribution in [-0.4, -0.2) is 40.2 Å². The molecule has 0 aliphatic carbocycles. The van der Waals surface area contributed by atoms with Gasteiger partial charge in [0.25, 0.3) is 0 Å². The van der Waals surface area contributed by atoms with Gasteiger partial charge in [-0.15, -0.1) is 0 Å². The van der Waals surface area contributed by atoms with Crippen molar-refractivity contribution in [1.82, 2.24) is 14.0 Å². The zero-order valence-corrected chi connectivity index (χ0v) is 10.9. The number of hydrogen-bond acceptors (Lipinski definition) is 5. The summed E-state index contributed by atoms with van der Waals surface area (Å²) < 4.78 is 12.7. The number of esters is 2. The molecule has 0 atom stereocenters. The van der Waals surface area contributed by atoms with E-state index in [2.05, 4.69) is 9.84 Å². The number of aromatic nitrogens is 3. The van der Waals surface area contributed by atoms with Crippen LogP contribution >= 0.6 is 0 Å². The molecule has 20 heavy (non-hydrogen) atoms. The molecule has 0 saturated heterocycles. The minimum atomic E-state index is -0.682. The van der Waals surface area contributed by atoms with Gasteiger partial charge in [0.05, 0.1) is 19.7 Å². The maximum Gasteiger partial charge on any atom is 0.359 e. The van der Waals surface area contributed by atoms with Gasteiger partial charge in [0.1, 0.15) is 11.1 Å². The van der Waals surface area contributed by atoms with E-state index >= 15 is 0 Å². The van der Waals surface area contributed by atoms with Crippen LogP contribution in [0.2, 0.25) is 0 Å². The number of ether oxygens (including phenoxy) is 2. The Balaban J connectivity index is 2.46. The summed E-state index contributed by atoms with van der Waals surface area (Å²) in [6, 6.07) is 3.66. The van der Waals surface area contributed by atoms with Crippen LogP contribution in [0.4, 0.5) is 0 Å². The second kappa shape index (κ2) is 4.37. The van der Waals surface area contributed by atoms with Crippen LogP contribution in [0.25, 0.3) is 11.0 Å². The summed E-state index contributed by atoms with van der Waals surface area (Å²) in [4.78, 5) is 23.8. The Labute approximate surface area is 113 Å². The molecule has 3 rings (SSSR count). The third kappa shape index (κ3) is 1.56. The monoisotopic (exact) mass is 273 g/mol. The van der Waals surface area contributed by atoms with Gasteiger partial charge in [-0.05, 0) is 12.1 Å². The molecular weight excluding hydrogens is 262 g/mol. The number of carbonyl (C=O) groups excluding carboxylic acids is 2. The summed E-state index contributed by atoms with van der Waals surface area (Å²) in [6.45, 7) is 0. The molecule has 0 bridgehead atoms. The molecule has 0 aliphatic rings. The molecule has 3 aromatic heterocycles. The topological polar surface area (TPSA) is 74.3 Å². The second-order valence-corrected chi connectivity index (χ2v) is 4.10. The predicted octanol–water partition coefficient (Wildman–Crippen LogP) is 1.16. The van der Waals surface area contributed by atoms with Gasteiger partial charge in [0, 0.05) is 18.6 Å². The molecule has 102 valence electrons. The molecule has 7 nitrogen and oxygen atoms in total. The van der Waals surface area contributed by atoms with Crippen molar-refractivity contribution in [2.24, 2.45) is 0 Å². The van der Waals surface area contributed by atoms with Crippen molar-refractivity contribution >= 4 is 23.0 Å². The third-order valence-corrected chi connectivity index (χ3v) is 3.07. The summed E-state index contributed by atoms with van der Waals surface area (Å²) >= 11 is 0. The quantitative estimate of drug-likeness (QED) is 0.655. The lowest BCUT2D eigenvalue weighted by Gasteiger charge is -2.01. The normalized spacial score (nSPS) is 10.9.